The molecule has 0 atom stereocenters. The van der Waals surface area contributed by atoms with Crippen LogP contribution in [0.3, 0.4) is 0 Å². The molecular weight excluding hydrogens is 287 g/mol. The molecule has 1 amide bonds. The largest absolute Gasteiger partial charge is 0.494 e. The number of benzene rings is 1. The van der Waals surface area contributed by atoms with Gasteiger partial charge in [0.15, 0.2) is 5.82 Å². The van der Waals surface area contributed by atoms with E-state index in [0.29, 0.717) is 22.4 Å². The highest BCUT2D eigenvalue weighted by molar-refractivity contribution is 6.09. The quantitative estimate of drug-likeness (QED) is 0.779. The number of H-pyrrole nitrogens is 1. The average molecular weight is 300 g/mol. The maximum absolute atomic E-state index is 13.6. The average Bonchev–Trinajstić information content (AvgIpc) is 2.92. The Morgan fingerprint density at radius 3 is 3.00 bits per heavy atom. The van der Waals surface area contributed by atoms with Gasteiger partial charge in [-0.05, 0) is 25.1 Å². The summed E-state index contributed by atoms with van der Waals surface area (Å²) in [6.07, 6.45) is 1.48. The maximum Gasteiger partial charge on any atom is 0.260 e. The first kappa shape index (κ1) is 14.0. The predicted molar refractivity (Wildman–Crippen MR) is 79.5 cm³/mol. The van der Waals surface area contributed by atoms with Crippen molar-refractivity contribution >= 4 is 22.6 Å². The van der Waals surface area contributed by atoms with Crippen molar-refractivity contribution in [3.8, 4) is 5.75 Å². The van der Waals surface area contributed by atoms with Gasteiger partial charge in [-0.2, -0.15) is 5.10 Å². The molecule has 0 radical (unpaired) electrons. The van der Waals surface area contributed by atoms with Crippen molar-refractivity contribution in [1.29, 1.82) is 0 Å². The first-order valence-electron chi connectivity index (χ1n) is 6.54. The molecule has 3 rings (SSSR count). The van der Waals surface area contributed by atoms with Crippen LogP contribution >= 0.6 is 0 Å². The van der Waals surface area contributed by atoms with E-state index in [4.69, 9.17) is 4.74 Å². The van der Waals surface area contributed by atoms with Crippen molar-refractivity contribution in [3.63, 3.8) is 0 Å². The van der Waals surface area contributed by atoms with Crippen LogP contribution in [-0.2, 0) is 0 Å². The lowest BCUT2D eigenvalue weighted by Gasteiger charge is -2.08. The van der Waals surface area contributed by atoms with Crippen LogP contribution in [-0.4, -0.2) is 28.2 Å². The van der Waals surface area contributed by atoms with E-state index in [2.05, 4.69) is 20.5 Å². The van der Waals surface area contributed by atoms with E-state index < -0.39 is 11.7 Å². The van der Waals surface area contributed by atoms with Crippen molar-refractivity contribution < 1.29 is 13.9 Å². The standard InChI is InChI=1S/C15H13FN4O2/c1-8-6-10(12(22-2)7-17-8)15(21)18-14-9-4-3-5-11(16)13(9)19-20-14/h3-7H,1-2H3,(H2,18,19,20,21). The van der Waals surface area contributed by atoms with Crippen LogP contribution in [0.4, 0.5) is 10.2 Å². The van der Waals surface area contributed by atoms with E-state index in [0.717, 1.165) is 0 Å². The Labute approximate surface area is 125 Å². The summed E-state index contributed by atoms with van der Waals surface area (Å²) in [5.74, 6) is -0.215. The Bertz CT molecular complexity index is 860. The number of pyridine rings is 1. The van der Waals surface area contributed by atoms with Crippen LogP contribution in [0.1, 0.15) is 16.1 Å². The summed E-state index contributed by atoms with van der Waals surface area (Å²) in [6, 6.07) is 6.16. The fourth-order valence-corrected chi connectivity index (χ4v) is 2.16. The van der Waals surface area contributed by atoms with Gasteiger partial charge in [0.05, 0.1) is 18.9 Å². The number of anilines is 1. The van der Waals surface area contributed by atoms with Gasteiger partial charge in [0.2, 0.25) is 0 Å². The SMILES string of the molecule is COc1cnc(C)cc1C(=O)Nc1n[nH]c2c(F)cccc12. The number of methoxy groups -OCH3 is 1. The second kappa shape index (κ2) is 5.44. The minimum atomic E-state index is -0.428. The number of amides is 1. The van der Waals surface area contributed by atoms with E-state index in [1.165, 1.54) is 19.4 Å². The Kier molecular flexibility index (Phi) is 3.46. The molecule has 7 heteroatoms. The number of carbonyl (C=O) groups is 1. The molecular formula is C15H13FN4O2. The summed E-state index contributed by atoms with van der Waals surface area (Å²) in [5.41, 5.74) is 1.27. The molecule has 2 N–H and O–H groups in total. The van der Waals surface area contributed by atoms with E-state index >= 15 is 0 Å². The lowest BCUT2D eigenvalue weighted by molar-refractivity contribution is 0.102. The van der Waals surface area contributed by atoms with Crippen LogP contribution in [0.5, 0.6) is 5.75 Å². The Morgan fingerprint density at radius 2 is 2.23 bits per heavy atom. The highest BCUT2D eigenvalue weighted by Crippen LogP contribution is 2.24. The molecule has 0 aliphatic carbocycles. The third-order valence-electron chi connectivity index (χ3n) is 3.25. The van der Waals surface area contributed by atoms with Crippen molar-refractivity contribution in [1.82, 2.24) is 15.2 Å². The van der Waals surface area contributed by atoms with Crippen LogP contribution in [0.2, 0.25) is 0 Å². The smallest absolute Gasteiger partial charge is 0.260 e. The second-order valence-electron chi connectivity index (χ2n) is 4.71. The van der Waals surface area contributed by atoms with Gasteiger partial charge >= 0.3 is 0 Å². The lowest BCUT2D eigenvalue weighted by Crippen LogP contribution is -2.14. The molecule has 2 aromatic heterocycles. The molecule has 0 saturated heterocycles. The van der Waals surface area contributed by atoms with Crippen molar-refractivity contribution in [3.05, 3.63) is 47.5 Å². The second-order valence-corrected chi connectivity index (χ2v) is 4.71. The molecule has 0 unspecified atom stereocenters. The highest BCUT2D eigenvalue weighted by Gasteiger charge is 2.16. The van der Waals surface area contributed by atoms with Crippen LogP contribution in [0.25, 0.3) is 10.9 Å². The number of aromatic nitrogens is 3. The summed E-state index contributed by atoms with van der Waals surface area (Å²) < 4.78 is 18.8. The lowest BCUT2D eigenvalue weighted by atomic mass is 10.2. The van der Waals surface area contributed by atoms with Crippen molar-refractivity contribution in [2.24, 2.45) is 0 Å². The zero-order valence-corrected chi connectivity index (χ0v) is 12.0. The Balaban J connectivity index is 1.97. The summed E-state index contributed by atoms with van der Waals surface area (Å²) >= 11 is 0. The molecule has 112 valence electrons. The molecule has 0 fully saturated rings. The summed E-state index contributed by atoms with van der Waals surface area (Å²) in [4.78, 5) is 16.5. The number of halogens is 1. The molecule has 1 aromatic carbocycles. The maximum atomic E-state index is 13.6. The number of nitrogens with one attached hydrogen (secondary N) is 2. The van der Waals surface area contributed by atoms with Gasteiger partial charge in [-0.25, -0.2) is 4.39 Å². The van der Waals surface area contributed by atoms with Crippen LogP contribution in [0.15, 0.2) is 30.5 Å². The minimum Gasteiger partial charge on any atom is -0.494 e. The number of hydrogen-bond donors (Lipinski definition) is 2. The van der Waals surface area contributed by atoms with Crippen molar-refractivity contribution in [2.45, 2.75) is 6.92 Å². The number of nitrogens with zero attached hydrogens (tertiary/aromatic N) is 2. The topological polar surface area (TPSA) is 79.9 Å². The molecule has 0 spiro atoms. The number of fused-ring (bicyclic) bond motifs is 1. The van der Waals surface area contributed by atoms with E-state index in [-0.39, 0.29) is 11.3 Å². The minimum absolute atomic E-state index is 0.246. The molecule has 0 bridgehead atoms. The predicted octanol–water partition coefficient (Wildman–Crippen LogP) is 2.67. The number of ether oxygens (including phenoxy) is 1. The van der Waals surface area contributed by atoms with Gasteiger partial charge in [-0.3, -0.25) is 14.9 Å². The van der Waals surface area contributed by atoms with Gasteiger partial charge in [0.1, 0.15) is 17.1 Å². The van der Waals surface area contributed by atoms with Gasteiger partial charge in [-0.15, -0.1) is 0 Å². The van der Waals surface area contributed by atoms with Gasteiger partial charge in [-0.1, -0.05) is 6.07 Å². The number of carbonyl (C=O) groups excluding carboxylic acids is 1. The first-order valence-corrected chi connectivity index (χ1v) is 6.54. The third-order valence-corrected chi connectivity index (χ3v) is 3.25. The number of aromatic amines is 1. The normalized spacial score (nSPS) is 10.7. The van der Waals surface area contributed by atoms with E-state index in [9.17, 15) is 9.18 Å². The van der Waals surface area contributed by atoms with Gasteiger partial charge in [0, 0.05) is 11.1 Å². The number of hydrogen-bond acceptors (Lipinski definition) is 4. The number of aryl methyl sites for hydroxylation is 1. The van der Waals surface area contributed by atoms with Gasteiger partial charge < -0.3 is 10.1 Å². The van der Waals surface area contributed by atoms with E-state index in [1.54, 1.807) is 25.1 Å². The molecule has 6 nitrogen and oxygen atoms in total. The fourth-order valence-electron chi connectivity index (χ4n) is 2.16. The molecule has 3 aromatic rings. The Hall–Kier alpha value is -2.96. The molecule has 22 heavy (non-hydrogen) atoms. The van der Waals surface area contributed by atoms with Crippen molar-refractivity contribution in [2.75, 3.05) is 12.4 Å². The fraction of sp³-hybridized carbons (Fsp3) is 0.133. The van der Waals surface area contributed by atoms with Crippen LogP contribution < -0.4 is 10.1 Å². The zero-order chi connectivity index (χ0) is 15.7. The zero-order valence-electron chi connectivity index (χ0n) is 12.0. The monoisotopic (exact) mass is 300 g/mol. The summed E-state index contributed by atoms with van der Waals surface area (Å²) in [6.45, 7) is 1.77. The molecule has 0 aliphatic rings. The third kappa shape index (κ3) is 2.37. The van der Waals surface area contributed by atoms with E-state index in [1.807, 2.05) is 0 Å². The van der Waals surface area contributed by atoms with Gasteiger partial charge in [0.25, 0.3) is 5.91 Å². The number of para-hydroxylation sites is 1. The first-order chi connectivity index (χ1) is 10.6. The highest BCUT2D eigenvalue weighted by atomic mass is 19.1. The van der Waals surface area contributed by atoms with Crippen LogP contribution in [0, 0.1) is 12.7 Å². The summed E-state index contributed by atoms with van der Waals surface area (Å²) in [7, 11) is 1.46. The molecule has 0 saturated carbocycles. The molecule has 0 aliphatic heterocycles. The summed E-state index contributed by atoms with van der Waals surface area (Å²) in [5, 5.41) is 9.67. The Morgan fingerprint density at radius 1 is 1.41 bits per heavy atom. The molecule has 2 heterocycles. The number of rotatable bonds is 3.